The summed E-state index contributed by atoms with van der Waals surface area (Å²) in [5.41, 5.74) is 4.83. The molecule has 0 fully saturated rings. The molecule has 6 heteroatoms. The Morgan fingerprint density at radius 1 is 1.18 bits per heavy atom. The second-order valence-electron chi connectivity index (χ2n) is 5.28. The maximum absolute atomic E-state index is 12.2. The van der Waals surface area contributed by atoms with Gasteiger partial charge in [-0.1, -0.05) is 6.07 Å². The van der Waals surface area contributed by atoms with Gasteiger partial charge in [-0.05, 0) is 54.0 Å². The molecule has 1 atom stereocenters. The minimum atomic E-state index is -0.521. The summed E-state index contributed by atoms with van der Waals surface area (Å²) in [5.74, 6) is -0.594. The van der Waals surface area contributed by atoms with Crippen LogP contribution in [0.25, 0.3) is 0 Å². The first-order valence-electron chi connectivity index (χ1n) is 7.09. The summed E-state index contributed by atoms with van der Waals surface area (Å²) < 4.78 is 0. The van der Waals surface area contributed by atoms with E-state index in [9.17, 15) is 9.59 Å². The number of carbonyl (C=O) groups is 2. The first-order valence-corrected chi connectivity index (χ1v) is 8.03. The highest BCUT2D eigenvalue weighted by Crippen LogP contribution is 2.30. The highest BCUT2D eigenvalue weighted by molar-refractivity contribution is 7.08. The fourth-order valence-corrected chi connectivity index (χ4v) is 3.44. The van der Waals surface area contributed by atoms with Crippen molar-refractivity contribution in [1.82, 2.24) is 10.8 Å². The predicted octanol–water partition coefficient (Wildman–Crippen LogP) is 2.67. The molecule has 0 aliphatic heterocycles. The van der Waals surface area contributed by atoms with Gasteiger partial charge in [-0.3, -0.25) is 14.8 Å². The van der Waals surface area contributed by atoms with Gasteiger partial charge >= 0.3 is 0 Å². The van der Waals surface area contributed by atoms with E-state index >= 15 is 0 Å². The van der Waals surface area contributed by atoms with Crippen LogP contribution in [0.2, 0.25) is 0 Å². The molecule has 2 aromatic rings. The number of nitrogens with one attached hydrogen (secondary N) is 2. The Kier molecular flexibility index (Phi) is 4.22. The van der Waals surface area contributed by atoms with Gasteiger partial charge in [0.2, 0.25) is 0 Å². The SMILES string of the molecule is O=C(NO)c1ccc2c(c1)CCCC2NC(=O)c1ccsc1. The monoisotopic (exact) mass is 316 g/mol. The fraction of sp³-hybridized carbons (Fsp3) is 0.250. The minimum absolute atomic E-state index is 0.0395. The standard InChI is InChI=1S/C16H16N2O3S/c19-15(12-6-7-22-9-12)17-14-3-1-2-10-8-11(16(20)18-21)4-5-13(10)14/h4-9,14,21H,1-3H2,(H,17,19)(H,18,20). The molecule has 1 aromatic heterocycles. The fourth-order valence-electron chi connectivity index (χ4n) is 2.81. The van der Waals surface area contributed by atoms with Crippen molar-refractivity contribution in [1.29, 1.82) is 0 Å². The van der Waals surface area contributed by atoms with Gasteiger partial charge in [-0.25, -0.2) is 5.48 Å². The van der Waals surface area contributed by atoms with Crippen molar-refractivity contribution < 1.29 is 14.8 Å². The number of benzene rings is 1. The number of amides is 2. The molecule has 5 nitrogen and oxygen atoms in total. The molecule has 3 N–H and O–H groups in total. The van der Waals surface area contributed by atoms with E-state index in [0.29, 0.717) is 11.1 Å². The molecule has 0 saturated carbocycles. The number of hydrogen-bond acceptors (Lipinski definition) is 4. The molecular weight excluding hydrogens is 300 g/mol. The topological polar surface area (TPSA) is 78.4 Å². The Bertz CT molecular complexity index is 697. The average molecular weight is 316 g/mol. The van der Waals surface area contributed by atoms with Crippen LogP contribution < -0.4 is 10.8 Å². The van der Waals surface area contributed by atoms with E-state index in [0.717, 1.165) is 30.4 Å². The summed E-state index contributed by atoms with van der Waals surface area (Å²) in [4.78, 5) is 23.7. The maximum Gasteiger partial charge on any atom is 0.274 e. The highest BCUT2D eigenvalue weighted by atomic mass is 32.1. The number of thiophene rings is 1. The molecule has 1 aliphatic rings. The molecule has 1 unspecified atom stereocenters. The lowest BCUT2D eigenvalue weighted by Crippen LogP contribution is -2.31. The molecule has 0 spiro atoms. The lowest BCUT2D eigenvalue weighted by Gasteiger charge is -2.26. The van der Waals surface area contributed by atoms with E-state index < -0.39 is 5.91 Å². The van der Waals surface area contributed by atoms with E-state index in [4.69, 9.17) is 5.21 Å². The van der Waals surface area contributed by atoms with Gasteiger partial charge in [0, 0.05) is 10.9 Å². The Balaban J connectivity index is 1.82. The largest absolute Gasteiger partial charge is 0.345 e. The van der Waals surface area contributed by atoms with E-state index in [1.54, 1.807) is 23.7 Å². The molecule has 0 bridgehead atoms. The van der Waals surface area contributed by atoms with Gasteiger partial charge in [-0.15, -0.1) is 0 Å². The van der Waals surface area contributed by atoms with Crippen molar-refractivity contribution >= 4 is 23.2 Å². The third-order valence-electron chi connectivity index (χ3n) is 3.91. The number of rotatable bonds is 3. The van der Waals surface area contributed by atoms with Gasteiger partial charge in [0.25, 0.3) is 11.8 Å². The first kappa shape index (κ1) is 14.7. The number of hydrogen-bond donors (Lipinski definition) is 3. The predicted molar refractivity (Wildman–Crippen MR) is 83.2 cm³/mol. The molecule has 1 heterocycles. The van der Waals surface area contributed by atoms with Crippen molar-refractivity contribution in [3.63, 3.8) is 0 Å². The summed E-state index contributed by atoms with van der Waals surface area (Å²) in [7, 11) is 0. The summed E-state index contributed by atoms with van der Waals surface area (Å²) >= 11 is 1.49. The van der Waals surface area contributed by atoms with Crippen molar-refractivity contribution in [2.24, 2.45) is 0 Å². The van der Waals surface area contributed by atoms with Crippen molar-refractivity contribution in [3.05, 3.63) is 57.3 Å². The maximum atomic E-state index is 12.2. The second-order valence-corrected chi connectivity index (χ2v) is 6.06. The lowest BCUT2D eigenvalue weighted by atomic mass is 9.86. The highest BCUT2D eigenvalue weighted by Gasteiger charge is 2.23. The van der Waals surface area contributed by atoms with Crippen LogP contribution in [0.4, 0.5) is 0 Å². The summed E-state index contributed by atoms with van der Waals surface area (Å²) in [6, 6.07) is 7.07. The molecule has 22 heavy (non-hydrogen) atoms. The van der Waals surface area contributed by atoms with Crippen LogP contribution in [0.5, 0.6) is 0 Å². The first-order chi connectivity index (χ1) is 10.7. The van der Waals surface area contributed by atoms with Gasteiger partial charge in [-0.2, -0.15) is 11.3 Å². The van der Waals surface area contributed by atoms with Crippen LogP contribution in [0.3, 0.4) is 0 Å². The van der Waals surface area contributed by atoms with Gasteiger partial charge in [0.05, 0.1) is 11.6 Å². The number of fused-ring (bicyclic) bond motifs is 1. The second kappa shape index (κ2) is 6.29. The van der Waals surface area contributed by atoms with Crippen molar-refractivity contribution in [2.45, 2.75) is 25.3 Å². The molecular formula is C16H16N2O3S. The lowest BCUT2D eigenvalue weighted by molar-refractivity contribution is 0.0706. The zero-order valence-electron chi connectivity index (χ0n) is 11.8. The Labute approximate surface area is 131 Å². The van der Waals surface area contributed by atoms with Gasteiger partial charge in [0.1, 0.15) is 0 Å². The van der Waals surface area contributed by atoms with Crippen LogP contribution in [0.15, 0.2) is 35.0 Å². The van der Waals surface area contributed by atoms with Gasteiger partial charge in [0.15, 0.2) is 0 Å². The zero-order valence-corrected chi connectivity index (χ0v) is 12.7. The van der Waals surface area contributed by atoms with Crippen molar-refractivity contribution in [3.8, 4) is 0 Å². The summed E-state index contributed by atoms with van der Waals surface area (Å²) in [5, 5.41) is 15.5. The van der Waals surface area contributed by atoms with Crippen molar-refractivity contribution in [2.75, 3.05) is 0 Å². The third-order valence-corrected chi connectivity index (χ3v) is 4.59. The van der Waals surface area contributed by atoms with Crippen LogP contribution in [0.1, 0.15) is 50.7 Å². The number of carbonyl (C=O) groups excluding carboxylic acids is 2. The van der Waals surface area contributed by atoms with E-state index in [1.807, 2.05) is 16.8 Å². The van der Waals surface area contributed by atoms with E-state index in [1.165, 1.54) is 11.3 Å². The molecule has 0 radical (unpaired) electrons. The Morgan fingerprint density at radius 2 is 2.05 bits per heavy atom. The normalized spacial score (nSPS) is 16.7. The molecule has 1 aliphatic carbocycles. The Morgan fingerprint density at radius 3 is 2.77 bits per heavy atom. The molecule has 2 amide bonds. The molecule has 0 saturated heterocycles. The zero-order chi connectivity index (χ0) is 15.5. The van der Waals surface area contributed by atoms with E-state index in [-0.39, 0.29) is 11.9 Å². The molecule has 3 rings (SSSR count). The number of aryl methyl sites for hydroxylation is 1. The summed E-state index contributed by atoms with van der Waals surface area (Å²) in [6.07, 6.45) is 2.70. The Hall–Kier alpha value is -2.18. The molecule has 114 valence electrons. The smallest absolute Gasteiger partial charge is 0.274 e. The van der Waals surface area contributed by atoms with Crippen LogP contribution in [0, 0.1) is 0 Å². The van der Waals surface area contributed by atoms with Crippen LogP contribution in [-0.2, 0) is 6.42 Å². The molecule has 1 aromatic carbocycles. The summed E-state index contributed by atoms with van der Waals surface area (Å²) in [6.45, 7) is 0. The third kappa shape index (κ3) is 2.88. The quantitative estimate of drug-likeness (QED) is 0.602. The number of hydroxylamine groups is 1. The van der Waals surface area contributed by atoms with Crippen LogP contribution in [-0.4, -0.2) is 17.0 Å². The van der Waals surface area contributed by atoms with Crippen LogP contribution >= 0.6 is 11.3 Å². The minimum Gasteiger partial charge on any atom is -0.345 e. The van der Waals surface area contributed by atoms with E-state index in [2.05, 4.69) is 5.32 Å². The average Bonchev–Trinajstić information content (AvgIpc) is 3.08. The van der Waals surface area contributed by atoms with Gasteiger partial charge < -0.3 is 5.32 Å².